The van der Waals surface area contributed by atoms with E-state index >= 15 is 0 Å². The molecule has 0 fully saturated rings. The van der Waals surface area contributed by atoms with E-state index < -0.39 is 17.9 Å². The first-order valence-electron chi connectivity index (χ1n) is 7.81. The van der Waals surface area contributed by atoms with E-state index in [4.69, 9.17) is 17.3 Å². The Hall–Kier alpha value is -2.77. The van der Waals surface area contributed by atoms with E-state index in [9.17, 15) is 14.4 Å². The van der Waals surface area contributed by atoms with Gasteiger partial charge in [0.1, 0.15) is 5.69 Å². The highest BCUT2D eigenvalue weighted by Crippen LogP contribution is 2.23. The Morgan fingerprint density at radius 3 is 2.69 bits per heavy atom. The van der Waals surface area contributed by atoms with E-state index in [-0.39, 0.29) is 35.6 Å². The smallest absolute Gasteiger partial charge is 0.305 e. The molecule has 0 saturated carbocycles. The maximum absolute atomic E-state index is 12.7. The average molecular weight is 376 g/mol. The van der Waals surface area contributed by atoms with Crippen LogP contribution >= 0.6 is 11.6 Å². The highest BCUT2D eigenvalue weighted by atomic mass is 35.5. The quantitative estimate of drug-likeness (QED) is 0.566. The first-order valence-corrected chi connectivity index (χ1v) is 8.18. The molecule has 136 valence electrons. The Kier molecular flexibility index (Phi) is 6.82. The number of aromatic nitrogens is 1. The van der Waals surface area contributed by atoms with E-state index in [0.29, 0.717) is 5.02 Å². The summed E-state index contributed by atoms with van der Waals surface area (Å²) >= 11 is 5.99. The van der Waals surface area contributed by atoms with Gasteiger partial charge < -0.3 is 15.8 Å². The maximum Gasteiger partial charge on any atom is 0.305 e. The molecule has 0 saturated heterocycles. The van der Waals surface area contributed by atoms with E-state index in [2.05, 4.69) is 15.0 Å². The van der Waals surface area contributed by atoms with Crippen LogP contribution in [0.15, 0.2) is 42.6 Å². The molecule has 0 unspecified atom stereocenters. The zero-order valence-corrected chi connectivity index (χ0v) is 14.8. The van der Waals surface area contributed by atoms with Crippen molar-refractivity contribution in [3.05, 3.63) is 58.9 Å². The summed E-state index contributed by atoms with van der Waals surface area (Å²) in [7, 11) is 1.26. The lowest BCUT2D eigenvalue weighted by Crippen LogP contribution is -2.36. The Labute approximate surface area is 155 Å². The molecule has 8 heteroatoms. The van der Waals surface area contributed by atoms with Gasteiger partial charge in [-0.15, -0.1) is 0 Å². The van der Waals surface area contributed by atoms with Gasteiger partial charge in [0.15, 0.2) is 0 Å². The largest absolute Gasteiger partial charge is 0.469 e. The highest BCUT2D eigenvalue weighted by Gasteiger charge is 2.20. The number of nitrogens with two attached hydrogens (primary N) is 1. The molecule has 3 N–H and O–H groups in total. The molecule has 1 aromatic heterocycles. The molecule has 0 aliphatic heterocycles. The van der Waals surface area contributed by atoms with Gasteiger partial charge in [-0.2, -0.15) is 0 Å². The third-order valence-corrected chi connectivity index (χ3v) is 3.84. The number of ketones is 1. The second-order valence-corrected chi connectivity index (χ2v) is 5.88. The summed E-state index contributed by atoms with van der Waals surface area (Å²) in [6.07, 6.45) is 1.64. The van der Waals surface area contributed by atoms with Crippen molar-refractivity contribution in [1.29, 1.82) is 0 Å². The summed E-state index contributed by atoms with van der Waals surface area (Å²) in [6.45, 7) is 0. The number of carbonyl (C=O) groups is 3. The van der Waals surface area contributed by atoms with Crippen molar-refractivity contribution < 1.29 is 19.1 Å². The summed E-state index contributed by atoms with van der Waals surface area (Å²) in [5, 5.41) is 2.95. The number of nitrogens with zero attached hydrogens (tertiary/aromatic N) is 1. The van der Waals surface area contributed by atoms with Gasteiger partial charge in [-0.25, -0.2) is 0 Å². The minimum Gasteiger partial charge on any atom is -0.469 e. The number of ether oxygens (including phenoxy) is 1. The molecule has 1 amide bonds. The summed E-state index contributed by atoms with van der Waals surface area (Å²) in [5.74, 6) is -1.36. The van der Waals surface area contributed by atoms with Crippen molar-refractivity contribution in [1.82, 2.24) is 4.98 Å². The summed E-state index contributed by atoms with van der Waals surface area (Å²) in [4.78, 5) is 40.1. The highest BCUT2D eigenvalue weighted by molar-refractivity contribution is 6.31. The van der Waals surface area contributed by atoms with Gasteiger partial charge in [-0.05, 0) is 36.8 Å². The number of hydrogen-bond acceptors (Lipinski definition) is 6. The van der Waals surface area contributed by atoms with Gasteiger partial charge in [-0.1, -0.05) is 17.7 Å². The molecule has 0 spiro atoms. The molecule has 1 heterocycles. The third kappa shape index (κ3) is 5.11. The topological polar surface area (TPSA) is 111 Å². The van der Waals surface area contributed by atoms with Crippen LogP contribution in [0.4, 0.5) is 5.69 Å². The second-order valence-electron chi connectivity index (χ2n) is 5.44. The van der Waals surface area contributed by atoms with Gasteiger partial charge >= 0.3 is 5.97 Å². The van der Waals surface area contributed by atoms with Gasteiger partial charge in [0.25, 0.3) is 0 Å². The normalized spacial score (nSPS) is 11.5. The molecule has 0 aliphatic rings. The summed E-state index contributed by atoms with van der Waals surface area (Å²) in [5.41, 5.74) is 6.48. The standard InChI is InChI=1S/C18H18ClN3O4/c1-26-16(23)8-6-13(20)18(25)22-14-7-5-11(19)10-12(14)17(24)15-4-2-3-9-21-15/h2-5,7,9-10,13H,6,8,20H2,1H3,(H,22,25)/t13-/m0/s1. The van der Waals surface area contributed by atoms with Crippen LogP contribution in [-0.2, 0) is 14.3 Å². The van der Waals surface area contributed by atoms with Crippen molar-refractivity contribution in [3.8, 4) is 0 Å². The number of anilines is 1. The van der Waals surface area contributed by atoms with E-state index in [1.807, 2.05) is 0 Å². The maximum atomic E-state index is 12.7. The number of halogens is 1. The molecule has 2 aromatic rings. The lowest BCUT2D eigenvalue weighted by molar-refractivity contribution is -0.140. The molecule has 0 bridgehead atoms. The third-order valence-electron chi connectivity index (χ3n) is 3.61. The van der Waals surface area contributed by atoms with Crippen molar-refractivity contribution in [2.75, 3.05) is 12.4 Å². The van der Waals surface area contributed by atoms with Gasteiger partial charge in [0.05, 0.1) is 18.8 Å². The first-order chi connectivity index (χ1) is 12.4. The summed E-state index contributed by atoms with van der Waals surface area (Å²) < 4.78 is 4.52. The molecule has 0 radical (unpaired) electrons. The molecule has 1 aromatic carbocycles. The molecule has 26 heavy (non-hydrogen) atoms. The fourth-order valence-electron chi connectivity index (χ4n) is 2.18. The first kappa shape index (κ1) is 19.6. The van der Waals surface area contributed by atoms with Gasteiger partial charge in [0.2, 0.25) is 11.7 Å². The number of pyridine rings is 1. The van der Waals surface area contributed by atoms with E-state index in [0.717, 1.165) is 0 Å². The number of carbonyl (C=O) groups excluding carboxylic acids is 3. The molecule has 0 aliphatic carbocycles. The van der Waals surface area contributed by atoms with Crippen LogP contribution < -0.4 is 11.1 Å². The van der Waals surface area contributed by atoms with Crippen molar-refractivity contribution >= 4 is 34.9 Å². The predicted molar refractivity (Wildman–Crippen MR) is 97.0 cm³/mol. The molecular formula is C18H18ClN3O4. The second kappa shape index (κ2) is 9.07. The molecule has 7 nitrogen and oxygen atoms in total. The lowest BCUT2D eigenvalue weighted by atomic mass is 10.0. The monoisotopic (exact) mass is 375 g/mol. The fraction of sp³-hybridized carbons (Fsp3) is 0.222. The van der Waals surface area contributed by atoms with Gasteiger partial charge in [0, 0.05) is 23.2 Å². The number of methoxy groups -OCH3 is 1. The van der Waals surface area contributed by atoms with Crippen molar-refractivity contribution in [2.24, 2.45) is 5.73 Å². The number of amides is 1. The number of hydrogen-bond donors (Lipinski definition) is 2. The van der Waals surface area contributed by atoms with Crippen LogP contribution in [0.25, 0.3) is 0 Å². The SMILES string of the molecule is COC(=O)CC[C@H](N)C(=O)Nc1ccc(Cl)cc1C(=O)c1ccccn1. The zero-order chi connectivity index (χ0) is 19.1. The predicted octanol–water partition coefficient (Wildman–Crippen LogP) is 2.18. The number of rotatable bonds is 7. The summed E-state index contributed by atoms with van der Waals surface area (Å²) in [6, 6.07) is 8.53. The Balaban J connectivity index is 2.18. The van der Waals surface area contributed by atoms with Crippen LogP contribution in [0.2, 0.25) is 5.02 Å². The minimum atomic E-state index is -0.928. The molecular weight excluding hydrogens is 358 g/mol. The number of benzene rings is 1. The van der Waals surface area contributed by atoms with E-state index in [1.54, 1.807) is 24.3 Å². The Morgan fingerprint density at radius 2 is 2.04 bits per heavy atom. The van der Waals surface area contributed by atoms with Crippen LogP contribution in [0.1, 0.15) is 28.9 Å². The van der Waals surface area contributed by atoms with Crippen molar-refractivity contribution in [3.63, 3.8) is 0 Å². The zero-order valence-electron chi connectivity index (χ0n) is 14.1. The lowest BCUT2D eigenvalue weighted by Gasteiger charge is -2.14. The van der Waals surface area contributed by atoms with Crippen LogP contribution in [0.5, 0.6) is 0 Å². The van der Waals surface area contributed by atoms with Crippen LogP contribution in [0, 0.1) is 0 Å². The fourth-order valence-corrected chi connectivity index (χ4v) is 2.35. The average Bonchev–Trinajstić information content (AvgIpc) is 2.67. The Morgan fingerprint density at radius 1 is 1.27 bits per heavy atom. The number of nitrogens with one attached hydrogen (secondary N) is 1. The van der Waals surface area contributed by atoms with Crippen LogP contribution in [-0.4, -0.2) is 35.8 Å². The molecule has 2 rings (SSSR count). The Bertz CT molecular complexity index is 811. The van der Waals surface area contributed by atoms with Crippen LogP contribution in [0.3, 0.4) is 0 Å². The van der Waals surface area contributed by atoms with Crippen molar-refractivity contribution in [2.45, 2.75) is 18.9 Å². The van der Waals surface area contributed by atoms with E-state index in [1.165, 1.54) is 25.4 Å². The van der Waals surface area contributed by atoms with Gasteiger partial charge in [-0.3, -0.25) is 19.4 Å². The molecule has 1 atom stereocenters. The minimum absolute atomic E-state index is 0.0193. The number of esters is 1.